The van der Waals surface area contributed by atoms with Crippen LogP contribution in [-0.2, 0) is 25.5 Å². The van der Waals surface area contributed by atoms with E-state index in [4.69, 9.17) is 4.74 Å². The summed E-state index contributed by atoms with van der Waals surface area (Å²) < 4.78 is 24.3. The van der Waals surface area contributed by atoms with E-state index >= 15 is 0 Å². The third kappa shape index (κ3) is 3.58. The largest absolute Gasteiger partial charge is 0.482 e. The number of methoxy groups -OCH3 is 1. The Kier molecular flexibility index (Phi) is 4.89. The summed E-state index contributed by atoms with van der Waals surface area (Å²) in [5.41, 5.74) is 3.27. The van der Waals surface area contributed by atoms with Crippen molar-refractivity contribution in [1.29, 1.82) is 0 Å². The molecule has 0 atom stereocenters. The summed E-state index contributed by atoms with van der Waals surface area (Å²) in [4.78, 5) is 28.3. The molecule has 0 saturated carbocycles. The van der Waals surface area contributed by atoms with Crippen molar-refractivity contribution in [1.82, 2.24) is 4.98 Å². The number of fused-ring (bicyclic) bond motifs is 1. The molecule has 154 valence electrons. The minimum Gasteiger partial charge on any atom is -0.482 e. The first kappa shape index (κ1) is 19.8. The molecule has 1 aromatic heterocycles. The number of amides is 1. The molecule has 1 amide bonds. The number of rotatable bonds is 4. The van der Waals surface area contributed by atoms with Gasteiger partial charge in [-0.15, -0.1) is 0 Å². The highest BCUT2D eigenvalue weighted by Crippen LogP contribution is 2.44. The smallest absolute Gasteiger partial charge is 0.305 e. The molecule has 30 heavy (non-hydrogen) atoms. The summed E-state index contributed by atoms with van der Waals surface area (Å²) in [5, 5.41) is 2.69. The van der Waals surface area contributed by atoms with E-state index in [1.165, 1.54) is 19.2 Å². The van der Waals surface area contributed by atoms with E-state index in [2.05, 4.69) is 15.0 Å². The predicted molar refractivity (Wildman–Crippen MR) is 110 cm³/mol. The van der Waals surface area contributed by atoms with Gasteiger partial charge in [0.05, 0.1) is 24.8 Å². The molecule has 0 saturated heterocycles. The van der Waals surface area contributed by atoms with Crippen LogP contribution in [0.1, 0.15) is 37.1 Å². The summed E-state index contributed by atoms with van der Waals surface area (Å²) in [5.74, 6) is -0.578. The van der Waals surface area contributed by atoms with E-state index < -0.39 is 11.4 Å². The number of anilines is 1. The number of ether oxygens (including phenoxy) is 2. The normalized spacial score (nSPS) is 19.1. The van der Waals surface area contributed by atoms with Crippen LogP contribution in [0.3, 0.4) is 0 Å². The fourth-order valence-electron chi connectivity index (χ4n) is 3.67. The zero-order chi connectivity index (χ0) is 21.5. The first-order chi connectivity index (χ1) is 14.3. The number of allylic oxidation sites excluding steroid dienone is 1. The Balaban J connectivity index is 1.67. The molecule has 0 bridgehead atoms. The average Bonchev–Trinajstić information content (AvgIpc) is 3.20. The van der Waals surface area contributed by atoms with E-state index in [9.17, 15) is 14.0 Å². The lowest BCUT2D eigenvalue weighted by atomic mass is 9.93. The minimum atomic E-state index is -0.680. The number of pyridine rings is 1. The van der Waals surface area contributed by atoms with Crippen LogP contribution in [0.15, 0.2) is 48.4 Å². The van der Waals surface area contributed by atoms with Gasteiger partial charge >= 0.3 is 5.97 Å². The fourth-order valence-corrected chi connectivity index (χ4v) is 3.67. The number of aryl methyl sites for hydroxylation is 1. The number of benzene rings is 1. The van der Waals surface area contributed by atoms with E-state index in [1.807, 2.05) is 32.1 Å². The Morgan fingerprint density at radius 1 is 1.27 bits per heavy atom. The van der Waals surface area contributed by atoms with Crippen molar-refractivity contribution in [3.63, 3.8) is 0 Å². The topological polar surface area (TPSA) is 77.5 Å². The van der Waals surface area contributed by atoms with Gasteiger partial charge in [0.15, 0.2) is 0 Å². The number of esters is 1. The molecule has 0 unspecified atom stereocenters. The molecule has 0 fully saturated rings. The van der Waals surface area contributed by atoms with Gasteiger partial charge in [0.1, 0.15) is 17.2 Å². The van der Waals surface area contributed by atoms with Crippen molar-refractivity contribution in [3.8, 4) is 0 Å². The van der Waals surface area contributed by atoms with Crippen LogP contribution in [0.4, 0.5) is 10.1 Å². The van der Waals surface area contributed by atoms with E-state index in [-0.39, 0.29) is 18.3 Å². The number of halogens is 1. The Morgan fingerprint density at radius 3 is 2.77 bits per heavy atom. The number of hydrogen-bond acceptors (Lipinski definition) is 5. The van der Waals surface area contributed by atoms with Crippen molar-refractivity contribution >= 4 is 28.7 Å². The fraction of sp³-hybridized carbons (Fsp3) is 0.261. The molecule has 1 aromatic carbocycles. The van der Waals surface area contributed by atoms with Gasteiger partial charge in [0.25, 0.3) is 5.91 Å². The summed E-state index contributed by atoms with van der Waals surface area (Å²) in [6.45, 7) is 3.83. The molecule has 0 radical (unpaired) electrons. The van der Waals surface area contributed by atoms with E-state index in [1.54, 1.807) is 12.3 Å². The Hall–Kier alpha value is -3.48. The van der Waals surface area contributed by atoms with E-state index in [0.717, 1.165) is 16.8 Å². The quantitative estimate of drug-likeness (QED) is 0.614. The van der Waals surface area contributed by atoms with Crippen molar-refractivity contribution in [2.75, 3.05) is 12.4 Å². The molecule has 1 N–H and O–H groups in total. The van der Waals surface area contributed by atoms with Crippen LogP contribution in [0.5, 0.6) is 0 Å². The third-order valence-electron chi connectivity index (χ3n) is 5.21. The molecule has 2 aromatic rings. The number of hydrogen-bond donors (Lipinski definition) is 1. The molecule has 2 aliphatic heterocycles. The van der Waals surface area contributed by atoms with Crippen LogP contribution in [0.2, 0.25) is 0 Å². The van der Waals surface area contributed by atoms with Crippen molar-refractivity contribution in [2.24, 2.45) is 0 Å². The van der Waals surface area contributed by atoms with Gasteiger partial charge in [-0.2, -0.15) is 0 Å². The second-order valence-corrected chi connectivity index (χ2v) is 7.67. The lowest BCUT2D eigenvalue weighted by Crippen LogP contribution is -2.21. The van der Waals surface area contributed by atoms with E-state index in [0.29, 0.717) is 29.0 Å². The number of carbonyl (C=O) groups is 2. The van der Waals surface area contributed by atoms with Gasteiger partial charge in [0.2, 0.25) is 0 Å². The Bertz CT molecular complexity index is 1100. The molecular formula is C23H21FN2O4. The van der Waals surface area contributed by atoms with Crippen LogP contribution < -0.4 is 5.32 Å². The molecule has 7 heteroatoms. The van der Waals surface area contributed by atoms with Gasteiger partial charge in [-0.25, -0.2) is 4.39 Å². The summed E-state index contributed by atoms with van der Waals surface area (Å²) in [7, 11) is 1.36. The van der Waals surface area contributed by atoms with Gasteiger partial charge in [-0.3, -0.25) is 14.6 Å². The molecular weight excluding hydrogens is 387 g/mol. The lowest BCUT2D eigenvalue weighted by Gasteiger charge is -2.23. The second kappa shape index (κ2) is 7.40. The highest BCUT2D eigenvalue weighted by atomic mass is 19.1. The lowest BCUT2D eigenvalue weighted by molar-refractivity contribution is -0.140. The highest BCUT2D eigenvalue weighted by molar-refractivity contribution is 6.32. The maximum absolute atomic E-state index is 13.5. The van der Waals surface area contributed by atoms with Gasteiger partial charge < -0.3 is 14.8 Å². The number of aromatic nitrogens is 1. The predicted octanol–water partition coefficient (Wildman–Crippen LogP) is 3.88. The zero-order valence-electron chi connectivity index (χ0n) is 16.9. The van der Waals surface area contributed by atoms with Crippen LogP contribution in [0, 0.1) is 5.82 Å². The number of carbonyl (C=O) groups excluding carboxylic acids is 2. The third-order valence-corrected chi connectivity index (χ3v) is 5.21. The number of nitrogens with zero attached hydrogens (tertiary/aromatic N) is 1. The standard InChI is InChI=1S/C23H21FN2O4/c1-23(2)17(13-4-6-15(25-12-13)7-9-20(27)29-3)11-19(30-23)21-16-8-5-14(24)10-18(16)26-22(21)28/h4-6,8,10-12H,7,9H2,1-3H3,(H,26,28)/b21-19+. The van der Waals surface area contributed by atoms with Gasteiger partial charge in [-0.1, -0.05) is 6.07 Å². The molecule has 3 heterocycles. The average molecular weight is 408 g/mol. The van der Waals surface area contributed by atoms with Crippen LogP contribution in [0.25, 0.3) is 11.1 Å². The first-order valence-corrected chi connectivity index (χ1v) is 9.57. The maximum Gasteiger partial charge on any atom is 0.305 e. The monoisotopic (exact) mass is 408 g/mol. The van der Waals surface area contributed by atoms with Crippen LogP contribution in [-0.4, -0.2) is 29.6 Å². The SMILES string of the molecule is COC(=O)CCc1ccc(C2=C/C(=C3\C(=O)Nc4cc(F)ccc43)OC2(C)C)cn1. The van der Waals surface area contributed by atoms with Crippen molar-refractivity contribution in [2.45, 2.75) is 32.3 Å². The zero-order valence-corrected chi connectivity index (χ0v) is 16.9. The minimum absolute atomic E-state index is 0.269. The molecule has 6 nitrogen and oxygen atoms in total. The van der Waals surface area contributed by atoms with Gasteiger partial charge in [-0.05, 0) is 44.2 Å². The Labute approximate surface area is 173 Å². The maximum atomic E-state index is 13.5. The first-order valence-electron chi connectivity index (χ1n) is 9.57. The molecule has 4 rings (SSSR count). The summed E-state index contributed by atoms with van der Waals surface area (Å²) in [6.07, 6.45) is 4.33. The molecule has 0 spiro atoms. The van der Waals surface area contributed by atoms with Crippen molar-refractivity contribution < 1.29 is 23.5 Å². The molecule has 2 aliphatic rings. The highest BCUT2D eigenvalue weighted by Gasteiger charge is 2.38. The van der Waals surface area contributed by atoms with Crippen molar-refractivity contribution in [3.05, 3.63) is 71.0 Å². The second-order valence-electron chi connectivity index (χ2n) is 7.67. The molecule has 0 aliphatic carbocycles. The summed E-state index contributed by atoms with van der Waals surface area (Å²) >= 11 is 0. The van der Waals surface area contributed by atoms with Gasteiger partial charge in [0, 0.05) is 35.0 Å². The summed E-state index contributed by atoms with van der Waals surface area (Å²) in [6, 6.07) is 7.97. The number of nitrogens with one attached hydrogen (secondary N) is 1. The Morgan fingerprint density at radius 2 is 2.07 bits per heavy atom. The van der Waals surface area contributed by atoms with Crippen LogP contribution >= 0.6 is 0 Å².